The minimum Gasteiger partial charge on any atom is -0.488 e. The molecule has 0 saturated heterocycles. The molecule has 2 rings (SSSR count). The fourth-order valence-corrected chi connectivity index (χ4v) is 2.07. The summed E-state index contributed by atoms with van der Waals surface area (Å²) >= 11 is 0. The van der Waals surface area contributed by atoms with Gasteiger partial charge in [-0.1, -0.05) is 38.1 Å². The predicted molar refractivity (Wildman–Crippen MR) is 85.4 cm³/mol. The molecule has 0 aliphatic heterocycles. The summed E-state index contributed by atoms with van der Waals surface area (Å²) in [5, 5.41) is 3.36. The Kier molecular flexibility index (Phi) is 5.64. The molecule has 3 heteroatoms. The third-order valence-corrected chi connectivity index (χ3v) is 3.23. The second kappa shape index (κ2) is 7.70. The average molecular weight is 285 g/mol. The summed E-state index contributed by atoms with van der Waals surface area (Å²) in [7, 11) is 0. The van der Waals surface area contributed by atoms with Gasteiger partial charge in [-0.3, -0.25) is 0 Å². The first-order valence-electron chi connectivity index (χ1n) is 7.31. The highest BCUT2D eigenvalue weighted by molar-refractivity contribution is 5.35. The molecule has 21 heavy (non-hydrogen) atoms. The molecule has 0 spiro atoms. The van der Waals surface area contributed by atoms with Gasteiger partial charge in [0.15, 0.2) is 0 Å². The van der Waals surface area contributed by atoms with Crippen LogP contribution < -0.4 is 10.1 Å². The maximum absolute atomic E-state index is 5.95. The van der Waals surface area contributed by atoms with E-state index in [1.165, 1.54) is 0 Å². The van der Waals surface area contributed by atoms with Gasteiger partial charge in [0.1, 0.15) is 18.1 Å². The lowest BCUT2D eigenvalue weighted by Gasteiger charge is -2.11. The Balaban J connectivity index is 2.00. The van der Waals surface area contributed by atoms with Crippen LogP contribution in [0, 0.1) is 0 Å². The molecule has 1 heterocycles. The SMILES string of the molecule is C=CCc1ccccc1OCc1ccoc1CNC(C)C. The Morgan fingerprint density at radius 3 is 2.81 bits per heavy atom. The van der Waals surface area contributed by atoms with Gasteiger partial charge in [-0.05, 0) is 24.1 Å². The van der Waals surface area contributed by atoms with Gasteiger partial charge in [0.05, 0.1) is 12.8 Å². The summed E-state index contributed by atoms with van der Waals surface area (Å²) in [6.07, 6.45) is 4.41. The fourth-order valence-electron chi connectivity index (χ4n) is 2.07. The van der Waals surface area contributed by atoms with Crippen molar-refractivity contribution in [3.8, 4) is 5.75 Å². The Hall–Kier alpha value is -2.00. The Bertz CT molecular complexity index is 572. The zero-order valence-corrected chi connectivity index (χ0v) is 12.8. The van der Waals surface area contributed by atoms with Crippen molar-refractivity contribution in [2.24, 2.45) is 0 Å². The van der Waals surface area contributed by atoms with Crippen LogP contribution in [0.25, 0.3) is 0 Å². The maximum Gasteiger partial charge on any atom is 0.124 e. The smallest absolute Gasteiger partial charge is 0.124 e. The molecule has 0 unspecified atom stereocenters. The lowest BCUT2D eigenvalue weighted by Crippen LogP contribution is -2.22. The van der Waals surface area contributed by atoms with E-state index in [1.54, 1.807) is 6.26 Å². The van der Waals surface area contributed by atoms with Crippen LogP contribution in [0.4, 0.5) is 0 Å². The van der Waals surface area contributed by atoms with E-state index in [9.17, 15) is 0 Å². The van der Waals surface area contributed by atoms with E-state index in [-0.39, 0.29) is 0 Å². The molecule has 0 aliphatic rings. The third-order valence-electron chi connectivity index (χ3n) is 3.23. The summed E-state index contributed by atoms with van der Waals surface area (Å²) < 4.78 is 11.5. The van der Waals surface area contributed by atoms with Crippen molar-refractivity contribution < 1.29 is 9.15 Å². The number of allylic oxidation sites excluding steroid dienone is 1. The van der Waals surface area contributed by atoms with E-state index in [0.29, 0.717) is 12.6 Å². The summed E-state index contributed by atoms with van der Waals surface area (Å²) in [5.74, 6) is 1.84. The van der Waals surface area contributed by atoms with Crippen molar-refractivity contribution in [1.29, 1.82) is 0 Å². The minimum atomic E-state index is 0.428. The summed E-state index contributed by atoms with van der Waals surface area (Å²) in [6.45, 7) is 9.25. The van der Waals surface area contributed by atoms with Gasteiger partial charge >= 0.3 is 0 Å². The van der Waals surface area contributed by atoms with Crippen LogP contribution in [-0.2, 0) is 19.6 Å². The Morgan fingerprint density at radius 2 is 2.05 bits per heavy atom. The zero-order valence-electron chi connectivity index (χ0n) is 12.8. The number of ether oxygens (including phenoxy) is 1. The van der Waals surface area contributed by atoms with Crippen LogP contribution in [0.2, 0.25) is 0 Å². The molecule has 1 aromatic carbocycles. The highest BCUT2D eigenvalue weighted by Gasteiger charge is 2.09. The van der Waals surface area contributed by atoms with Crippen LogP contribution in [0.15, 0.2) is 53.7 Å². The molecule has 0 saturated carbocycles. The number of nitrogens with one attached hydrogen (secondary N) is 1. The van der Waals surface area contributed by atoms with Crippen molar-refractivity contribution in [1.82, 2.24) is 5.32 Å². The Morgan fingerprint density at radius 1 is 1.24 bits per heavy atom. The number of hydrogen-bond acceptors (Lipinski definition) is 3. The minimum absolute atomic E-state index is 0.428. The molecule has 0 atom stereocenters. The van der Waals surface area contributed by atoms with E-state index in [2.05, 4.69) is 31.8 Å². The van der Waals surface area contributed by atoms with Crippen molar-refractivity contribution >= 4 is 0 Å². The van der Waals surface area contributed by atoms with Crippen LogP contribution in [0.5, 0.6) is 5.75 Å². The quantitative estimate of drug-likeness (QED) is 0.742. The first-order valence-corrected chi connectivity index (χ1v) is 7.31. The van der Waals surface area contributed by atoms with Crippen molar-refractivity contribution in [3.63, 3.8) is 0 Å². The summed E-state index contributed by atoms with van der Waals surface area (Å²) in [6, 6.07) is 10.4. The topological polar surface area (TPSA) is 34.4 Å². The van der Waals surface area contributed by atoms with E-state index >= 15 is 0 Å². The number of para-hydroxylation sites is 1. The van der Waals surface area contributed by atoms with Crippen LogP contribution in [0.3, 0.4) is 0 Å². The zero-order chi connectivity index (χ0) is 15.1. The molecule has 112 valence electrons. The van der Waals surface area contributed by atoms with Crippen LogP contribution in [-0.4, -0.2) is 6.04 Å². The second-order valence-corrected chi connectivity index (χ2v) is 5.29. The van der Waals surface area contributed by atoms with Gasteiger partial charge in [0, 0.05) is 11.6 Å². The molecule has 0 amide bonds. The van der Waals surface area contributed by atoms with Crippen molar-refractivity contribution in [3.05, 3.63) is 66.1 Å². The largest absolute Gasteiger partial charge is 0.488 e. The fraction of sp³-hybridized carbons (Fsp3) is 0.333. The molecule has 0 radical (unpaired) electrons. The summed E-state index contributed by atoms with van der Waals surface area (Å²) in [4.78, 5) is 0. The van der Waals surface area contributed by atoms with Crippen molar-refractivity contribution in [2.45, 2.75) is 39.5 Å². The average Bonchev–Trinajstić information content (AvgIpc) is 2.92. The molecule has 0 bridgehead atoms. The first kappa shape index (κ1) is 15.4. The standard InChI is InChI=1S/C18H23NO2/c1-4-7-15-8-5-6-9-17(15)21-13-16-10-11-20-18(16)12-19-14(2)3/h4-6,8-11,14,19H,1,7,12-13H2,2-3H3. The number of rotatable bonds is 8. The number of hydrogen-bond donors (Lipinski definition) is 1. The highest BCUT2D eigenvalue weighted by Crippen LogP contribution is 2.21. The molecular formula is C18H23NO2. The molecular weight excluding hydrogens is 262 g/mol. The number of benzene rings is 1. The molecule has 1 N–H and O–H groups in total. The maximum atomic E-state index is 5.95. The predicted octanol–water partition coefficient (Wildman–Crippen LogP) is 4.09. The van der Waals surface area contributed by atoms with Gasteiger partial charge in [0.2, 0.25) is 0 Å². The molecule has 0 fully saturated rings. The lowest BCUT2D eigenvalue weighted by atomic mass is 10.1. The van der Waals surface area contributed by atoms with E-state index < -0.39 is 0 Å². The molecule has 0 aliphatic carbocycles. The van der Waals surface area contributed by atoms with Gasteiger partial charge in [-0.15, -0.1) is 6.58 Å². The number of furan rings is 1. The van der Waals surface area contributed by atoms with Gasteiger partial charge in [0.25, 0.3) is 0 Å². The molecule has 2 aromatic rings. The van der Waals surface area contributed by atoms with Gasteiger partial charge in [-0.25, -0.2) is 0 Å². The molecule has 3 nitrogen and oxygen atoms in total. The normalized spacial score (nSPS) is 10.8. The van der Waals surface area contributed by atoms with E-state index in [1.807, 2.05) is 30.3 Å². The highest BCUT2D eigenvalue weighted by atomic mass is 16.5. The lowest BCUT2D eigenvalue weighted by molar-refractivity contribution is 0.298. The molecule has 1 aromatic heterocycles. The first-order chi connectivity index (χ1) is 10.2. The van der Waals surface area contributed by atoms with Gasteiger partial charge < -0.3 is 14.5 Å². The van der Waals surface area contributed by atoms with Gasteiger partial charge in [-0.2, -0.15) is 0 Å². The Labute approximate surface area is 126 Å². The van der Waals surface area contributed by atoms with Crippen LogP contribution >= 0.6 is 0 Å². The van der Waals surface area contributed by atoms with Crippen LogP contribution in [0.1, 0.15) is 30.7 Å². The third kappa shape index (κ3) is 4.50. The monoisotopic (exact) mass is 285 g/mol. The second-order valence-electron chi connectivity index (χ2n) is 5.29. The summed E-state index contributed by atoms with van der Waals surface area (Å²) in [5.41, 5.74) is 2.23. The van der Waals surface area contributed by atoms with E-state index in [4.69, 9.17) is 9.15 Å². The van der Waals surface area contributed by atoms with E-state index in [0.717, 1.165) is 35.6 Å². The van der Waals surface area contributed by atoms with Crippen molar-refractivity contribution in [2.75, 3.05) is 0 Å².